The van der Waals surface area contributed by atoms with Crippen LogP contribution in [0.5, 0.6) is 0 Å². The van der Waals surface area contributed by atoms with Crippen LogP contribution in [-0.4, -0.2) is 15.6 Å². The molecule has 1 aliphatic rings. The third kappa shape index (κ3) is 4.55. The van der Waals surface area contributed by atoms with Gasteiger partial charge in [0, 0.05) is 20.9 Å². The van der Waals surface area contributed by atoms with Crippen molar-refractivity contribution in [1.29, 1.82) is 0 Å². The molecule has 0 radical (unpaired) electrons. The molecule has 0 unspecified atom stereocenters. The quantitative estimate of drug-likeness (QED) is 0.341. The second-order valence-electron chi connectivity index (χ2n) is 7.63. The largest absolute Gasteiger partial charge is 0.316 e. The van der Waals surface area contributed by atoms with Crippen molar-refractivity contribution < 1.29 is 4.79 Å². The maximum absolute atomic E-state index is 12.6. The number of thioether (sulfide) groups is 1. The second-order valence-corrected chi connectivity index (χ2v) is 10.3. The molecule has 1 aliphatic heterocycles. The Bertz CT molecular complexity index is 1300. The molecule has 0 atom stereocenters. The number of benzene rings is 2. The Kier molecular flexibility index (Phi) is 6.59. The van der Waals surface area contributed by atoms with Gasteiger partial charge in [0.05, 0.1) is 21.3 Å². The van der Waals surface area contributed by atoms with Crippen molar-refractivity contribution in [3.63, 3.8) is 0 Å². The number of amidine groups is 1. The lowest BCUT2D eigenvalue weighted by Crippen LogP contribution is -2.19. The van der Waals surface area contributed by atoms with E-state index >= 15 is 0 Å². The molecular formula is C24H20BrCl2N3OS. The van der Waals surface area contributed by atoms with Crippen molar-refractivity contribution in [2.75, 3.05) is 0 Å². The first-order valence-electron chi connectivity index (χ1n) is 9.84. The summed E-state index contributed by atoms with van der Waals surface area (Å²) in [7, 11) is 0. The number of carbonyl (C=O) groups excluding carboxylic acids is 1. The van der Waals surface area contributed by atoms with Crippen LogP contribution in [0.3, 0.4) is 0 Å². The number of carbonyl (C=O) groups is 1. The summed E-state index contributed by atoms with van der Waals surface area (Å²) in [6.45, 7) is 8.04. The summed E-state index contributed by atoms with van der Waals surface area (Å²) < 4.78 is 3.11. The van der Waals surface area contributed by atoms with Crippen LogP contribution in [0.4, 0.5) is 5.69 Å². The highest BCUT2D eigenvalue weighted by Crippen LogP contribution is 2.33. The van der Waals surface area contributed by atoms with Gasteiger partial charge in [-0.1, -0.05) is 39.1 Å². The van der Waals surface area contributed by atoms with Crippen molar-refractivity contribution in [2.24, 2.45) is 4.99 Å². The molecule has 0 spiro atoms. The van der Waals surface area contributed by atoms with Crippen LogP contribution in [0, 0.1) is 27.7 Å². The summed E-state index contributed by atoms with van der Waals surface area (Å²) in [6, 6.07) is 11.4. The van der Waals surface area contributed by atoms with Gasteiger partial charge in [-0.25, -0.2) is 4.99 Å². The van der Waals surface area contributed by atoms with Gasteiger partial charge in [-0.3, -0.25) is 4.79 Å². The van der Waals surface area contributed by atoms with Crippen molar-refractivity contribution >= 4 is 73.7 Å². The summed E-state index contributed by atoms with van der Waals surface area (Å²) in [6.07, 6.45) is 1.89. The number of nitrogens with one attached hydrogen (secondary N) is 1. The maximum atomic E-state index is 12.6. The molecule has 1 N–H and O–H groups in total. The Morgan fingerprint density at radius 2 is 1.75 bits per heavy atom. The number of aliphatic imine (C=N–C) groups is 1. The minimum atomic E-state index is -0.162. The van der Waals surface area contributed by atoms with Crippen molar-refractivity contribution in [3.8, 4) is 5.69 Å². The van der Waals surface area contributed by atoms with Gasteiger partial charge in [-0.05, 0) is 98.6 Å². The number of aromatic nitrogens is 1. The van der Waals surface area contributed by atoms with E-state index in [9.17, 15) is 4.79 Å². The lowest BCUT2D eigenvalue weighted by atomic mass is 10.1. The minimum absolute atomic E-state index is 0.162. The highest BCUT2D eigenvalue weighted by atomic mass is 79.9. The number of nitrogens with zero attached hydrogens (tertiary/aromatic N) is 2. The summed E-state index contributed by atoms with van der Waals surface area (Å²) in [5.74, 6) is -0.162. The number of aryl methyl sites for hydroxylation is 3. The Morgan fingerprint density at radius 1 is 1.06 bits per heavy atom. The van der Waals surface area contributed by atoms with E-state index in [-0.39, 0.29) is 5.91 Å². The highest BCUT2D eigenvalue weighted by Gasteiger charge is 2.25. The van der Waals surface area contributed by atoms with E-state index in [2.05, 4.69) is 26.2 Å². The number of amides is 1. The summed E-state index contributed by atoms with van der Waals surface area (Å²) in [5.41, 5.74) is 6.72. The standard InChI is InChI=1S/C24H20BrCl2N3OS/c1-12-7-18(8-13(2)22(12)25)28-24-29-23(31)21(32-24)10-16-9-14(3)30(15(16)4)20-11-17(26)5-6-19(20)27/h5-11H,1-4H3,(H,28,29,31)/b21-10-. The number of hydrogen-bond donors (Lipinski definition) is 1. The minimum Gasteiger partial charge on any atom is -0.316 e. The van der Waals surface area contributed by atoms with Crippen LogP contribution >= 0.6 is 50.9 Å². The zero-order chi connectivity index (χ0) is 23.2. The Hall–Kier alpha value is -1.99. The van der Waals surface area contributed by atoms with Crippen LogP contribution < -0.4 is 5.32 Å². The smallest absolute Gasteiger partial charge is 0.264 e. The van der Waals surface area contributed by atoms with Gasteiger partial charge in [0.25, 0.3) is 5.91 Å². The normalized spacial score (nSPS) is 16.3. The van der Waals surface area contributed by atoms with E-state index in [1.807, 2.05) is 62.6 Å². The highest BCUT2D eigenvalue weighted by molar-refractivity contribution is 9.10. The Balaban J connectivity index is 1.67. The summed E-state index contributed by atoms with van der Waals surface area (Å²) in [5, 5.41) is 4.65. The number of halogens is 3. The van der Waals surface area contributed by atoms with Crippen molar-refractivity contribution in [2.45, 2.75) is 27.7 Å². The second kappa shape index (κ2) is 9.10. The molecule has 1 fully saturated rings. The molecule has 2 heterocycles. The molecule has 3 aromatic rings. The lowest BCUT2D eigenvalue weighted by molar-refractivity contribution is -0.115. The van der Waals surface area contributed by atoms with E-state index in [0.29, 0.717) is 20.1 Å². The molecule has 2 aromatic carbocycles. The molecular weight excluding hydrogens is 529 g/mol. The van der Waals surface area contributed by atoms with Gasteiger partial charge < -0.3 is 9.88 Å². The van der Waals surface area contributed by atoms with Crippen LogP contribution in [-0.2, 0) is 4.79 Å². The van der Waals surface area contributed by atoms with E-state index in [4.69, 9.17) is 23.2 Å². The summed E-state index contributed by atoms with van der Waals surface area (Å²) >= 11 is 17.5. The summed E-state index contributed by atoms with van der Waals surface area (Å²) in [4.78, 5) is 17.8. The van der Waals surface area contributed by atoms with Crippen LogP contribution in [0.2, 0.25) is 10.0 Å². The lowest BCUT2D eigenvalue weighted by Gasteiger charge is -2.12. The molecule has 4 rings (SSSR count). The molecule has 0 saturated carbocycles. The van der Waals surface area contributed by atoms with Gasteiger partial charge >= 0.3 is 0 Å². The molecule has 1 amide bonds. The van der Waals surface area contributed by atoms with Crippen molar-refractivity contribution in [1.82, 2.24) is 9.88 Å². The fourth-order valence-corrected chi connectivity index (χ4v) is 5.12. The zero-order valence-electron chi connectivity index (χ0n) is 17.9. The SMILES string of the molecule is Cc1cc(N=C2NC(=O)/C(=C/c3cc(C)n(-c4cc(Cl)ccc4Cl)c3C)S2)cc(C)c1Br. The van der Waals surface area contributed by atoms with Gasteiger partial charge in [0.15, 0.2) is 5.17 Å². The fraction of sp³-hybridized carbons (Fsp3) is 0.167. The predicted molar refractivity (Wildman–Crippen MR) is 140 cm³/mol. The van der Waals surface area contributed by atoms with Crippen LogP contribution in [0.15, 0.2) is 50.8 Å². The monoisotopic (exact) mass is 547 g/mol. The topological polar surface area (TPSA) is 46.4 Å². The first kappa shape index (κ1) is 23.2. The van der Waals surface area contributed by atoms with Crippen LogP contribution in [0.25, 0.3) is 11.8 Å². The molecule has 1 saturated heterocycles. The van der Waals surface area contributed by atoms with Gasteiger partial charge in [-0.2, -0.15) is 0 Å². The molecule has 4 nitrogen and oxygen atoms in total. The van der Waals surface area contributed by atoms with E-state index in [0.717, 1.165) is 43.9 Å². The fourth-order valence-electron chi connectivity index (χ4n) is 3.69. The third-order valence-electron chi connectivity index (χ3n) is 5.21. The number of rotatable bonds is 3. The van der Waals surface area contributed by atoms with Gasteiger partial charge in [0.2, 0.25) is 0 Å². The van der Waals surface area contributed by atoms with Crippen LogP contribution in [0.1, 0.15) is 28.1 Å². The molecule has 0 bridgehead atoms. The molecule has 8 heteroatoms. The number of hydrogen-bond acceptors (Lipinski definition) is 3. The van der Waals surface area contributed by atoms with E-state index in [1.165, 1.54) is 11.8 Å². The maximum Gasteiger partial charge on any atom is 0.264 e. The third-order valence-corrected chi connectivity index (χ3v) is 7.92. The Morgan fingerprint density at radius 3 is 2.44 bits per heavy atom. The van der Waals surface area contributed by atoms with Gasteiger partial charge in [-0.15, -0.1) is 0 Å². The Labute approximate surface area is 209 Å². The molecule has 32 heavy (non-hydrogen) atoms. The predicted octanol–water partition coefficient (Wildman–Crippen LogP) is 7.67. The van der Waals surface area contributed by atoms with Crippen molar-refractivity contribution in [3.05, 3.63) is 83.9 Å². The molecule has 0 aliphatic carbocycles. The molecule has 164 valence electrons. The van der Waals surface area contributed by atoms with Gasteiger partial charge in [0.1, 0.15) is 0 Å². The first-order chi connectivity index (χ1) is 15.1. The average molecular weight is 549 g/mol. The zero-order valence-corrected chi connectivity index (χ0v) is 21.8. The van der Waals surface area contributed by atoms with E-state index < -0.39 is 0 Å². The average Bonchev–Trinajstić information content (AvgIpc) is 3.20. The first-order valence-corrected chi connectivity index (χ1v) is 12.2. The molecule has 1 aromatic heterocycles. The van der Waals surface area contributed by atoms with E-state index in [1.54, 1.807) is 12.1 Å².